The van der Waals surface area contributed by atoms with E-state index in [-0.39, 0.29) is 42.6 Å². The first-order chi connectivity index (χ1) is 17.0. The van der Waals surface area contributed by atoms with Gasteiger partial charge >= 0.3 is 0 Å². The number of rotatable bonds is 10. The van der Waals surface area contributed by atoms with Gasteiger partial charge in [0, 0.05) is 16.5 Å². The summed E-state index contributed by atoms with van der Waals surface area (Å²) in [6.07, 6.45) is 1.15. The summed E-state index contributed by atoms with van der Waals surface area (Å²) < 4.78 is 29.2. The molecule has 0 bridgehead atoms. The Morgan fingerprint density at radius 1 is 0.769 bits per heavy atom. The SMILES string of the molecule is [CH2-]COCCOc1ccc(C(C)(C)CC(C)(C)C)cc1.[CH2-]c1ccc(OCc2cccc(F)c2)cc1.[CH3-].[CH3-].[Ni]. The Hall–Kier alpha value is -2.49. The van der Waals surface area contributed by atoms with E-state index in [1.54, 1.807) is 6.07 Å². The monoisotopic (exact) mass is 580 g/mol. The van der Waals surface area contributed by atoms with Gasteiger partial charge in [-0.3, -0.25) is 0 Å². The van der Waals surface area contributed by atoms with E-state index in [4.69, 9.17) is 14.2 Å². The Balaban J connectivity index is 0. The summed E-state index contributed by atoms with van der Waals surface area (Å²) in [5.74, 6) is 1.42. The average molecular weight is 581 g/mol. The molecule has 0 saturated heterocycles. The molecule has 3 aromatic rings. The van der Waals surface area contributed by atoms with E-state index in [1.165, 1.54) is 17.7 Å². The van der Waals surface area contributed by atoms with E-state index in [9.17, 15) is 4.39 Å². The molecule has 39 heavy (non-hydrogen) atoms. The Labute approximate surface area is 248 Å². The van der Waals surface area contributed by atoms with Gasteiger partial charge in [0.2, 0.25) is 0 Å². The molecular weight excluding hydrogens is 534 g/mol. The summed E-state index contributed by atoms with van der Waals surface area (Å²) in [6, 6.07) is 22.3. The maximum atomic E-state index is 12.9. The zero-order valence-electron chi connectivity index (χ0n) is 24.8. The van der Waals surface area contributed by atoms with Crippen molar-refractivity contribution in [2.24, 2.45) is 5.41 Å². The molecule has 5 heteroatoms. The number of hydrogen-bond acceptors (Lipinski definition) is 3. The fourth-order valence-corrected chi connectivity index (χ4v) is 4.13. The third kappa shape index (κ3) is 15.6. The Bertz CT molecular complexity index is 1030. The van der Waals surface area contributed by atoms with Crippen molar-refractivity contribution in [2.45, 2.75) is 53.1 Å². The summed E-state index contributed by atoms with van der Waals surface area (Å²) in [4.78, 5) is 0. The Morgan fingerprint density at radius 2 is 1.33 bits per heavy atom. The van der Waals surface area contributed by atoms with Crippen LogP contribution in [0.25, 0.3) is 0 Å². The van der Waals surface area contributed by atoms with Crippen molar-refractivity contribution in [1.29, 1.82) is 0 Å². The molecule has 0 aromatic heterocycles. The van der Waals surface area contributed by atoms with Crippen LogP contribution in [0.3, 0.4) is 0 Å². The van der Waals surface area contributed by atoms with Gasteiger partial charge < -0.3 is 36.0 Å². The van der Waals surface area contributed by atoms with E-state index < -0.39 is 0 Å². The normalized spacial score (nSPS) is 10.5. The van der Waals surface area contributed by atoms with E-state index in [2.05, 4.69) is 60.6 Å². The van der Waals surface area contributed by atoms with Crippen molar-refractivity contribution in [2.75, 3.05) is 19.8 Å². The quantitative estimate of drug-likeness (QED) is 0.136. The predicted molar refractivity (Wildman–Crippen MR) is 160 cm³/mol. The van der Waals surface area contributed by atoms with Gasteiger partial charge in [0.1, 0.15) is 24.8 Å². The molecule has 0 saturated carbocycles. The van der Waals surface area contributed by atoms with Crippen molar-refractivity contribution in [3.8, 4) is 11.5 Å². The van der Waals surface area contributed by atoms with Crippen LogP contribution in [-0.2, 0) is 33.3 Å². The predicted octanol–water partition coefficient (Wildman–Crippen LogP) is 9.11. The molecule has 0 spiro atoms. The number of halogens is 1. The van der Waals surface area contributed by atoms with Gasteiger partial charge in [-0.15, -0.1) is 0 Å². The van der Waals surface area contributed by atoms with Crippen molar-refractivity contribution in [1.82, 2.24) is 0 Å². The maximum absolute atomic E-state index is 12.9. The zero-order chi connectivity index (χ0) is 26.6. The molecule has 3 aromatic carbocycles. The van der Waals surface area contributed by atoms with Gasteiger partial charge in [0.25, 0.3) is 0 Å². The fourth-order valence-electron chi connectivity index (χ4n) is 4.13. The van der Waals surface area contributed by atoms with Crippen LogP contribution in [0.5, 0.6) is 11.5 Å². The van der Waals surface area contributed by atoms with Crippen molar-refractivity contribution < 1.29 is 35.1 Å². The first-order valence-electron chi connectivity index (χ1n) is 12.4. The van der Waals surface area contributed by atoms with Gasteiger partial charge in [-0.1, -0.05) is 77.6 Å². The molecule has 0 N–H and O–H groups in total. The smallest absolute Gasteiger partial charge is 0.123 e. The van der Waals surface area contributed by atoms with E-state index >= 15 is 0 Å². The van der Waals surface area contributed by atoms with Gasteiger partial charge in [0.05, 0.1) is 12.4 Å². The standard InChI is InChI=1S/C18H29O2.C14H12FO.2CH3.Ni/c1-7-19-12-13-20-16-10-8-15(9-11-16)18(5,6)14-17(2,3)4;1-11-5-7-14(8-6-11)16-10-12-3-2-4-13(15)9-12;;;/h8-11H,1,7,12-14H2,2-6H3;2-9H,1,10H2;2*1H3;/q4*-1;. The summed E-state index contributed by atoms with van der Waals surface area (Å²) in [6.45, 7) is 20.9. The molecule has 0 unspecified atom stereocenters. The van der Waals surface area contributed by atoms with Crippen LogP contribution in [-0.4, -0.2) is 19.8 Å². The Morgan fingerprint density at radius 3 is 1.87 bits per heavy atom. The minimum absolute atomic E-state index is 0. The molecule has 3 nitrogen and oxygen atoms in total. The third-order valence-corrected chi connectivity index (χ3v) is 5.47. The summed E-state index contributed by atoms with van der Waals surface area (Å²) in [5.41, 5.74) is 3.61. The van der Waals surface area contributed by atoms with Crippen LogP contribution in [0.4, 0.5) is 4.39 Å². The fraction of sp³-hybridized carbons (Fsp3) is 0.353. The number of ether oxygens (including phenoxy) is 3. The van der Waals surface area contributed by atoms with Gasteiger partial charge in [-0.2, -0.15) is 24.6 Å². The molecule has 0 fully saturated rings. The average Bonchev–Trinajstić information content (AvgIpc) is 2.81. The summed E-state index contributed by atoms with van der Waals surface area (Å²) in [7, 11) is 0. The molecule has 0 heterocycles. The second-order valence-corrected chi connectivity index (χ2v) is 10.7. The van der Waals surface area contributed by atoms with E-state index in [1.807, 2.05) is 42.5 Å². The molecular formula is C34H47FNiO3-4. The molecule has 0 aliphatic carbocycles. The van der Waals surface area contributed by atoms with Crippen LogP contribution in [0, 0.1) is 39.9 Å². The molecule has 0 amide bonds. The number of hydrogen-bond donors (Lipinski definition) is 0. The maximum Gasteiger partial charge on any atom is 0.123 e. The molecule has 222 valence electrons. The zero-order valence-corrected chi connectivity index (χ0v) is 25.8. The van der Waals surface area contributed by atoms with Crippen LogP contribution in [0.15, 0.2) is 72.8 Å². The molecule has 0 atom stereocenters. The van der Waals surface area contributed by atoms with E-state index in [0.717, 1.165) is 29.0 Å². The van der Waals surface area contributed by atoms with Crippen LogP contribution in [0.2, 0.25) is 0 Å². The van der Waals surface area contributed by atoms with Crippen molar-refractivity contribution in [3.05, 3.63) is 124 Å². The van der Waals surface area contributed by atoms with Crippen molar-refractivity contribution >= 4 is 0 Å². The Kier molecular flexibility index (Phi) is 18.6. The number of benzene rings is 3. The summed E-state index contributed by atoms with van der Waals surface area (Å²) in [5, 5.41) is 0. The van der Waals surface area contributed by atoms with Gasteiger partial charge in [-0.25, -0.2) is 4.39 Å². The van der Waals surface area contributed by atoms with Crippen LogP contribution >= 0.6 is 0 Å². The van der Waals surface area contributed by atoms with Crippen molar-refractivity contribution in [3.63, 3.8) is 0 Å². The van der Waals surface area contributed by atoms with Gasteiger partial charge in [-0.05, 0) is 52.6 Å². The van der Waals surface area contributed by atoms with Crippen LogP contribution in [0.1, 0.15) is 57.7 Å². The molecule has 3 rings (SSSR count). The third-order valence-electron chi connectivity index (χ3n) is 5.47. The second kappa shape index (κ2) is 18.7. The molecule has 0 aliphatic heterocycles. The van der Waals surface area contributed by atoms with E-state index in [0.29, 0.717) is 31.8 Å². The minimum atomic E-state index is -0.241. The molecule has 0 aliphatic rings. The minimum Gasteiger partial charge on any atom is -0.491 e. The topological polar surface area (TPSA) is 27.7 Å². The second-order valence-electron chi connectivity index (χ2n) is 10.7. The summed E-state index contributed by atoms with van der Waals surface area (Å²) >= 11 is 0. The largest absolute Gasteiger partial charge is 0.491 e. The van der Waals surface area contributed by atoms with Gasteiger partial charge in [0.15, 0.2) is 0 Å². The molecule has 0 radical (unpaired) electrons. The first-order valence-corrected chi connectivity index (χ1v) is 12.4. The first kappa shape index (κ1) is 38.7. The van der Waals surface area contributed by atoms with Crippen LogP contribution < -0.4 is 9.47 Å².